The molecular formula is C12H24O3. The molecule has 15 heavy (non-hydrogen) atoms. The van der Waals surface area contributed by atoms with E-state index in [2.05, 4.69) is 6.92 Å². The minimum Gasteiger partial charge on any atom is -0.463 e. The van der Waals surface area contributed by atoms with Crippen molar-refractivity contribution in [3.63, 3.8) is 0 Å². The van der Waals surface area contributed by atoms with E-state index in [1.54, 1.807) is 0 Å². The Morgan fingerprint density at radius 3 is 2.40 bits per heavy atom. The Balaban J connectivity index is 3.57. The van der Waals surface area contributed by atoms with Crippen LogP contribution in [0.15, 0.2) is 0 Å². The Hall–Kier alpha value is -0.570. The van der Waals surface area contributed by atoms with Crippen LogP contribution in [0.2, 0.25) is 0 Å². The Morgan fingerprint density at radius 2 is 1.87 bits per heavy atom. The van der Waals surface area contributed by atoms with Crippen LogP contribution in [-0.4, -0.2) is 24.8 Å². The number of rotatable bonds is 8. The highest BCUT2D eigenvalue weighted by Crippen LogP contribution is 2.04. The normalized spacial score (nSPS) is 14.7. The third-order valence-corrected chi connectivity index (χ3v) is 2.26. The second-order valence-electron chi connectivity index (χ2n) is 3.95. The Kier molecular flexibility index (Phi) is 8.38. The molecule has 0 aliphatic rings. The molecule has 0 saturated carbocycles. The van der Waals surface area contributed by atoms with Gasteiger partial charge in [0.25, 0.3) is 0 Å². The van der Waals surface area contributed by atoms with Crippen molar-refractivity contribution in [2.75, 3.05) is 6.61 Å². The van der Waals surface area contributed by atoms with Gasteiger partial charge in [0, 0.05) is 6.61 Å². The Morgan fingerprint density at radius 1 is 1.20 bits per heavy atom. The molecular weight excluding hydrogens is 192 g/mol. The zero-order valence-electron chi connectivity index (χ0n) is 10.4. The first kappa shape index (κ1) is 14.4. The van der Waals surface area contributed by atoms with E-state index in [0.29, 0.717) is 6.42 Å². The van der Waals surface area contributed by atoms with Crippen molar-refractivity contribution in [1.82, 2.24) is 0 Å². The summed E-state index contributed by atoms with van der Waals surface area (Å²) in [7, 11) is 0. The third-order valence-electron chi connectivity index (χ3n) is 2.26. The fourth-order valence-corrected chi connectivity index (χ4v) is 1.08. The smallest absolute Gasteiger partial charge is 0.308 e. The second kappa shape index (κ2) is 8.72. The maximum atomic E-state index is 11.4. The standard InChI is InChI=1S/C12H24O3/c1-5-7-8-14-11(4)9-12(13)15-10(3)6-2/h10-11H,5-9H2,1-4H3. The maximum Gasteiger partial charge on any atom is 0.308 e. The molecule has 2 atom stereocenters. The average molecular weight is 216 g/mol. The molecule has 0 bridgehead atoms. The minimum atomic E-state index is -0.159. The molecule has 0 rings (SSSR count). The predicted molar refractivity (Wildman–Crippen MR) is 60.8 cm³/mol. The summed E-state index contributed by atoms with van der Waals surface area (Å²) in [5, 5.41) is 0. The van der Waals surface area contributed by atoms with Crippen LogP contribution in [0.5, 0.6) is 0 Å². The number of carbonyl (C=O) groups is 1. The number of hydrogen-bond donors (Lipinski definition) is 0. The fourth-order valence-electron chi connectivity index (χ4n) is 1.08. The molecule has 0 N–H and O–H groups in total. The van der Waals surface area contributed by atoms with Crippen molar-refractivity contribution >= 4 is 5.97 Å². The minimum absolute atomic E-state index is 0.0142. The van der Waals surface area contributed by atoms with Crippen molar-refractivity contribution in [3.05, 3.63) is 0 Å². The molecule has 90 valence electrons. The largest absolute Gasteiger partial charge is 0.463 e. The molecule has 3 heteroatoms. The lowest BCUT2D eigenvalue weighted by Crippen LogP contribution is -2.20. The van der Waals surface area contributed by atoms with Crippen LogP contribution in [0, 0.1) is 0 Å². The van der Waals surface area contributed by atoms with E-state index in [1.807, 2.05) is 20.8 Å². The van der Waals surface area contributed by atoms with Crippen molar-refractivity contribution < 1.29 is 14.3 Å². The first-order valence-electron chi connectivity index (χ1n) is 5.91. The molecule has 0 aliphatic carbocycles. The van der Waals surface area contributed by atoms with Gasteiger partial charge in [-0.3, -0.25) is 4.79 Å². The summed E-state index contributed by atoms with van der Waals surface area (Å²) in [5.74, 6) is -0.159. The van der Waals surface area contributed by atoms with Gasteiger partial charge in [-0.15, -0.1) is 0 Å². The van der Waals surface area contributed by atoms with Crippen molar-refractivity contribution in [1.29, 1.82) is 0 Å². The van der Waals surface area contributed by atoms with E-state index < -0.39 is 0 Å². The summed E-state index contributed by atoms with van der Waals surface area (Å²) in [6.45, 7) is 8.66. The van der Waals surface area contributed by atoms with Gasteiger partial charge in [-0.1, -0.05) is 20.3 Å². The molecule has 2 unspecified atom stereocenters. The highest BCUT2D eigenvalue weighted by molar-refractivity contribution is 5.70. The summed E-state index contributed by atoms with van der Waals surface area (Å²) in [4.78, 5) is 11.4. The van der Waals surface area contributed by atoms with Crippen LogP contribution in [0.25, 0.3) is 0 Å². The first-order valence-corrected chi connectivity index (χ1v) is 5.91. The molecule has 0 radical (unpaired) electrons. The molecule has 0 spiro atoms. The Bertz CT molecular complexity index is 168. The van der Waals surface area contributed by atoms with Crippen molar-refractivity contribution in [2.24, 2.45) is 0 Å². The van der Waals surface area contributed by atoms with Crippen LogP contribution >= 0.6 is 0 Å². The lowest BCUT2D eigenvalue weighted by molar-refractivity contribution is -0.151. The molecule has 0 aromatic carbocycles. The van der Waals surface area contributed by atoms with Gasteiger partial charge in [0.1, 0.15) is 0 Å². The maximum absolute atomic E-state index is 11.4. The molecule has 0 heterocycles. The molecule has 0 amide bonds. The van der Waals surface area contributed by atoms with E-state index >= 15 is 0 Å². The van der Waals surface area contributed by atoms with Gasteiger partial charge < -0.3 is 9.47 Å². The molecule has 0 aromatic rings. The van der Waals surface area contributed by atoms with Gasteiger partial charge in [-0.05, 0) is 26.7 Å². The molecule has 0 aromatic heterocycles. The zero-order chi connectivity index (χ0) is 11.7. The van der Waals surface area contributed by atoms with Gasteiger partial charge in [0.2, 0.25) is 0 Å². The SMILES string of the molecule is CCCCOC(C)CC(=O)OC(C)CC. The Labute approximate surface area is 93.1 Å². The van der Waals surface area contributed by atoms with Crippen molar-refractivity contribution in [3.8, 4) is 0 Å². The van der Waals surface area contributed by atoms with Gasteiger partial charge >= 0.3 is 5.97 Å². The molecule has 3 nitrogen and oxygen atoms in total. The fraction of sp³-hybridized carbons (Fsp3) is 0.917. The predicted octanol–water partition coefficient (Wildman–Crippen LogP) is 2.92. The highest BCUT2D eigenvalue weighted by Gasteiger charge is 2.12. The van der Waals surface area contributed by atoms with E-state index in [0.717, 1.165) is 25.9 Å². The monoisotopic (exact) mass is 216 g/mol. The van der Waals surface area contributed by atoms with E-state index in [-0.39, 0.29) is 18.2 Å². The first-order chi connectivity index (χ1) is 7.10. The van der Waals surface area contributed by atoms with E-state index in [1.165, 1.54) is 0 Å². The van der Waals surface area contributed by atoms with E-state index in [4.69, 9.17) is 9.47 Å². The lowest BCUT2D eigenvalue weighted by atomic mass is 10.2. The number of unbranched alkanes of at least 4 members (excludes halogenated alkanes) is 1. The van der Waals surface area contributed by atoms with Crippen LogP contribution in [0.3, 0.4) is 0 Å². The molecule has 0 fully saturated rings. The summed E-state index contributed by atoms with van der Waals surface area (Å²) < 4.78 is 10.6. The van der Waals surface area contributed by atoms with Crippen LogP contribution in [0.4, 0.5) is 0 Å². The number of hydrogen-bond acceptors (Lipinski definition) is 3. The lowest BCUT2D eigenvalue weighted by Gasteiger charge is -2.14. The number of ether oxygens (including phenoxy) is 2. The van der Waals surface area contributed by atoms with Gasteiger partial charge in [-0.2, -0.15) is 0 Å². The van der Waals surface area contributed by atoms with Gasteiger partial charge in [0.05, 0.1) is 18.6 Å². The second-order valence-corrected chi connectivity index (χ2v) is 3.95. The topological polar surface area (TPSA) is 35.5 Å². The van der Waals surface area contributed by atoms with Gasteiger partial charge in [0.15, 0.2) is 0 Å². The summed E-state index contributed by atoms with van der Waals surface area (Å²) in [6, 6.07) is 0. The van der Waals surface area contributed by atoms with Crippen LogP contribution in [0.1, 0.15) is 53.4 Å². The number of esters is 1. The van der Waals surface area contributed by atoms with Crippen molar-refractivity contribution in [2.45, 2.75) is 65.6 Å². The average Bonchev–Trinajstić information content (AvgIpc) is 2.17. The van der Waals surface area contributed by atoms with Crippen LogP contribution < -0.4 is 0 Å². The van der Waals surface area contributed by atoms with Crippen LogP contribution in [-0.2, 0) is 14.3 Å². The zero-order valence-corrected chi connectivity index (χ0v) is 10.4. The van der Waals surface area contributed by atoms with Gasteiger partial charge in [-0.25, -0.2) is 0 Å². The summed E-state index contributed by atoms with van der Waals surface area (Å²) >= 11 is 0. The number of carbonyl (C=O) groups excluding carboxylic acids is 1. The van der Waals surface area contributed by atoms with E-state index in [9.17, 15) is 4.79 Å². The molecule has 0 aliphatic heterocycles. The highest BCUT2D eigenvalue weighted by atomic mass is 16.5. The summed E-state index contributed by atoms with van der Waals surface area (Å²) in [5.41, 5.74) is 0. The third kappa shape index (κ3) is 8.43. The molecule has 0 saturated heterocycles. The summed E-state index contributed by atoms with van der Waals surface area (Å²) in [6.07, 6.45) is 3.35. The quantitative estimate of drug-likeness (QED) is 0.462.